The molecule has 0 fully saturated rings. The average Bonchev–Trinajstić information content (AvgIpc) is 2.50. The molecule has 0 saturated heterocycles. The summed E-state index contributed by atoms with van der Waals surface area (Å²) in [4.78, 5) is 12.2. The van der Waals surface area contributed by atoms with Crippen molar-refractivity contribution in [2.24, 2.45) is 0 Å². The molecule has 0 aromatic heterocycles. The van der Waals surface area contributed by atoms with Gasteiger partial charge in [0.05, 0.1) is 18.4 Å². The molecule has 1 amide bonds. The molecule has 0 aliphatic heterocycles. The summed E-state index contributed by atoms with van der Waals surface area (Å²) in [6, 6.07) is 11.0. The van der Waals surface area contributed by atoms with E-state index < -0.39 is 5.91 Å². The fourth-order valence-electron chi connectivity index (χ4n) is 1.79. The topological polar surface area (TPSA) is 108 Å². The molecule has 0 aliphatic carbocycles. The van der Waals surface area contributed by atoms with Crippen molar-refractivity contribution in [3.05, 3.63) is 47.5 Å². The van der Waals surface area contributed by atoms with E-state index >= 15 is 0 Å². The van der Waals surface area contributed by atoms with Crippen LogP contribution in [0.3, 0.4) is 0 Å². The first-order valence-electron chi connectivity index (χ1n) is 6.03. The van der Waals surface area contributed by atoms with Crippen LogP contribution in [0.2, 0.25) is 0 Å². The van der Waals surface area contributed by atoms with Gasteiger partial charge in [-0.2, -0.15) is 5.26 Å². The summed E-state index contributed by atoms with van der Waals surface area (Å²) in [7, 11) is 1.45. The number of methoxy groups -OCH3 is 1. The van der Waals surface area contributed by atoms with E-state index in [4.69, 9.17) is 15.7 Å². The summed E-state index contributed by atoms with van der Waals surface area (Å²) in [5.41, 5.74) is 6.45. The van der Waals surface area contributed by atoms with Crippen LogP contribution in [0, 0.1) is 11.3 Å². The number of rotatable bonds is 3. The molecular formula is C15H13N3O3. The molecule has 4 N–H and O–H groups in total. The highest BCUT2D eigenvalue weighted by Gasteiger charge is 2.14. The minimum atomic E-state index is -0.480. The Morgan fingerprint density at radius 3 is 2.76 bits per heavy atom. The van der Waals surface area contributed by atoms with Gasteiger partial charge < -0.3 is 20.9 Å². The molecule has 0 spiro atoms. The monoisotopic (exact) mass is 283 g/mol. The van der Waals surface area contributed by atoms with E-state index in [2.05, 4.69) is 5.32 Å². The molecule has 0 heterocycles. The lowest BCUT2D eigenvalue weighted by atomic mass is 10.1. The van der Waals surface area contributed by atoms with Crippen LogP contribution in [0.5, 0.6) is 11.5 Å². The largest absolute Gasteiger partial charge is 0.506 e. The Morgan fingerprint density at radius 2 is 2.14 bits per heavy atom. The Kier molecular flexibility index (Phi) is 3.95. The molecule has 2 rings (SSSR count). The third-order valence-electron chi connectivity index (χ3n) is 2.90. The molecule has 2 aromatic rings. The molecule has 0 radical (unpaired) electrons. The number of aromatic hydroxyl groups is 1. The number of para-hydroxylation sites is 1. The SMILES string of the molecule is COc1cccc(C#N)c1NC(=O)c1ccc(N)c(O)c1. The standard InChI is InChI=1S/C15H13N3O3/c1-21-13-4-2-3-10(8-16)14(13)18-15(20)9-5-6-11(17)12(19)7-9/h2-7,19H,17H2,1H3,(H,18,20). The van der Waals surface area contributed by atoms with Crippen LogP contribution in [0.4, 0.5) is 11.4 Å². The number of benzene rings is 2. The van der Waals surface area contributed by atoms with Gasteiger partial charge in [0.25, 0.3) is 5.91 Å². The number of hydrogen-bond donors (Lipinski definition) is 3. The van der Waals surface area contributed by atoms with Crippen LogP contribution in [0.1, 0.15) is 15.9 Å². The molecule has 0 saturated carbocycles. The number of anilines is 2. The number of nitrogens with one attached hydrogen (secondary N) is 1. The number of ether oxygens (including phenoxy) is 1. The molecule has 21 heavy (non-hydrogen) atoms. The zero-order valence-electron chi connectivity index (χ0n) is 11.3. The predicted octanol–water partition coefficient (Wildman–Crippen LogP) is 2.11. The number of phenols is 1. The second-order valence-corrected chi connectivity index (χ2v) is 4.22. The normalized spacial score (nSPS) is 9.71. The number of nitrogens with zero attached hydrogens (tertiary/aromatic N) is 1. The van der Waals surface area contributed by atoms with Gasteiger partial charge in [-0.25, -0.2) is 0 Å². The maximum absolute atomic E-state index is 12.2. The maximum Gasteiger partial charge on any atom is 0.255 e. The van der Waals surface area contributed by atoms with E-state index in [0.29, 0.717) is 5.75 Å². The van der Waals surface area contributed by atoms with Gasteiger partial charge in [0.1, 0.15) is 23.3 Å². The molecule has 0 unspecified atom stereocenters. The van der Waals surface area contributed by atoms with E-state index in [-0.39, 0.29) is 28.3 Å². The average molecular weight is 283 g/mol. The number of nitrogen functional groups attached to an aromatic ring is 1. The fourth-order valence-corrected chi connectivity index (χ4v) is 1.79. The summed E-state index contributed by atoms with van der Waals surface area (Å²) in [6.45, 7) is 0. The second-order valence-electron chi connectivity index (χ2n) is 4.22. The Bertz CT molecular complexity index is 735. The predicted molar refractivity (Wildman–Crippen MR) is 78.2 cm³/mol. The molecule has 0 bridgehead atoms. The zero-order valence-corrected chi connectivity index (χ0v) is 11.3. The van der Waals surface area contributed by atoms with Gasteiger partial charge in [-0.05, 0) is 30.3 Å². The van der Waals surface area contributed by atoms with E-state index in [1.165, 1.54) is 25.3 Å². The summed E-state index contributed by atoms with van der Waals surface area (Å²) in [5.74, 6) is -0.281. The van der Waals surface area contributed by atoms with Gasteiger partial charge in [-0.3, -0.25) is 4.79 Å². The van der Waals surface area contributed by atoms with Crippen molar-refractivity contribution < 1.29 is 14.6 Å². The lowest BCUT2D eigenvalue weighted by Crippen LogP contribution is -2.13. The molecule has 0 aliphatic rings. The number of carbonyl (C=O) groups is 1. The zero-order chi connectivity index (χ0) is 15.4. The Labute approximate surface area is 121 Å². The molecule has 6 heteroatoms. The Hall–Kier alpha value is -3.20. The molecule has 6 nitrogen and oxygen atoms in total. The number of phenolic OH excluding ortho intramolecular Hbond substituents is 1. The quantitative estimate of drug-likeness (QED) is 0.590. The smallest absolute Gasteiger partial charge is 0.255 e. The fraction of sp³-hybridized carbons (Fsp3) is 0.0667. The van der Waals surface area contributed by atoms with Crippen LogP contribution in [-0.2, 0) is 0 Å². The number of nitriles is 1. The summed E-state index contributed by atoms with van der Waals surface area (Å²) >= 11 is 0. The van der Waals surface area contributed by atoms with E-state index in [9.17, 15) is 9.90 Å². The van der Waals surface area contributed by atoms with E-state index in [1.807, 2.05) is 6.07 Å². The van der Waals surface area contributed by atoms with Crippen molar-refractivity contribution in [3.8, 4) is 17.6 Å². The summed E-state index contributed by atoms with van der Waals surface area (Å²) in [5, 5.41) is 21.2. The number of hydrogen-bond acceptors (Lipinski definition) is 5. The number of nitrogens with two attached hydrogens (primary N) is 1. The highest BCUT2D eigenvalue weighted by atomic mass is 16.5. The van der Waals surface area contributed by atoms with Crippen LogP contribution in [0.15, 0.2) is 36.4 Å². The van der Waals surface area contributed by atoms with Gasteiger partial charge in [-0.1, -0.05) is 6.07 Å². The minimum absolute atomic E-state index is 0.178. The second kappa shape index (κ2) is 5.84. The van der Waals surface area contributed by atoms with Crippen molar-refractivity contribution in [2.45, 2.75) is 0 Å². The lowest BCUT2D eigenvalue weighted by Gasteiger charge is -2.12. The third-order valence-corrected chi connectivity index (χ3v) is 2.90. The van der Waals surface area contributed by atoms with Crippen LogP contribution < -0.4 is 15.8 Å². The van der Waals surface area contributed by atoms with Crippen molar-refractivity contribution >= 4 is 17.3 Å². The Morgan fingerprint density at radius 1 is 1.38 bits per heavy atom. The summed E-state index contributed by atoms with van der Waals surface area (Å²) in [6.07, 6.45) is 0. The third kappa shape index (κ3) is 2.87. The van der Waals surface area contributed by atoms with Crippen molar-refractivity contribution in [1.29, 1.82) is 5.26 Å². The van der Waals surface area contributed by atoms with Crippen molar-refractivity contribution in [3.63, 3.8) is 0 Å². The molecule has 2 aromatic carbocycles. The number of carbonyl (C=O) groups excluding carboxylic acids is 1. The van der Waals surface area contributed by atoms with E-state index in [0.717, 1.165) is 0 Å². The highest BCUT2D eigenvalue weighted by Crippen LogP contribution is 2.29. The van der Waals surface area contributed by atoms with Gasteiger partial charge in [0.2, 0.25) is 0 Å². The van der Waals surface area contributed by atoms with Crippen LogP contribution in [0.25, 0.3) is 0 Å². The summed E-state index contributed by atoms with van der Waals surface area (Å²) < 4.78 is 5.13. The van der Waals surface area contributed by atoms with Crippen LogP contribution >= 0.6 is 0 Å². The Balaban J connectivity index is 2.36. The first-order chi connectivity index (χ1) is 10.1. The lowest BCUT2D eigenvalue weighted by molar-refractivity contribution is 0.102. The van der Waals surface area contributed by atoms with Gasteiger partial charge in [-0.15, -0.1) is 0 Å². The van der Waals surface area contributed by atoms with Crippen molar-refractivity contribution in [1.82, 2.24) is 0 Å². The van der Waals surface area contributed by atoms with Crippen LogP contribution in [-0.4, -0.2) is 18.1 Å². The van der Waals surface area contributed by atoms with Crippen molar-refractivity contribution in [2.75, 3.05) is 18.2 Å². The highest BCUT2D eigenvalue weighted by molar-refractivity contribution is 6.06. The van der Waals surface area contributed by atoms with Gasteiger partial charge in [0, 0.05) is 5.56 Å². The molecular weight excluding hydrogens is 270 g/mol. The van der Waals surface area contributed by atoms with Gasteiger partial charge >= 0.3 is 0 Å². The molecule has 0 atom stereocenters. The minimum Gasteiger partial charge on any atom is -0.506 e. The van der Waals surface area contributed by atoms with Gasteiger partial charge in [0.15, 0.2) is 0 Å². The van der Waals surface area contributed by atoms with E-state index in [1.54, 1.807) is 18.2 Å². The number of amides is 1. The molecule has 106 valence electrons. The first-order valence-corrected chi connectivity index (χ1v) is 6.03. The first kappa shape index (κ1) is 14.2. The maximum atomic E-state index is 12.2.